The van der Waals surface area contributed by atoms with E-state index in [1.54, 1.807) is 30.6 Å². The molecule has 0 bridgehead atoms. The Kier molecular flexibility index (Phi) is 5.42. The maximum absolute atomic E-state index is 12.6. The molecule has 0 aliphatic heterocycles. The number of anilines is 1. The van der Waals surface area contributed by atoms with Gasteiger partial charge in [-0.15, -0.1) is 0 Å². The number of para-hydroxylation sites is 1. The monoisotopic (exact) mass is 332 g/mol. The maximum atomic E-state index is 12.6. The van der Waals surface area contributed by atoms with Gasteiger partial charge in [-0.25, -0.2) is 0 Å². The number of hydrogen-bond donors (Lipinski definition) is 1. The summed E-state index contributed by atoms with van der Waals surface area (Å²) in [5.41, 5.74) is 3.53. The minimum Gasteiger partial charge on any atom is -0.488 e. The second kappa shape index (κ2) is 8.11. The second-order valence-electron chi connectivity index (χ2n) is 5.60. The van der Waals surface area contributed by atoms with Crippen LogP contribution in [-0.2, 0) is 13.0 Å². The molecule has 2 aromatic carbocycles. The molecule has 3 rings (SSSR count). The van der Waals surface area contributed by atoms with Crippen LogP contribution in [0.3, 0.4) is 0 Å². The van der Waals surface area contributed by atoms with Crippen LogP contribution in [0, 0.1) is 0 Å². The highest BCUT2D eigenvalue weighted by atomic mass is 16.5. The lowest BCUT2D eigenvalue weighted by Gasteiger charge is -2.13. The average Bonchev–Trinajstić information content (AvgIpc) is 2.67. The first-order valence-corrected chi connectivity index (χ1v) is 8.28. The van der Waals surface area contributed by atoms with E-state index < -0.39 is 0 Å². The fourth-order valence-electron chi connectivity index (χ4n) is 2.61. The molecule has 4 heteroatoms. The van der Waals surface area contributed by atoms with Gasteiger partial charge >= 0.3 is 0 Å². The highest BCUT2D eigenvalue weighted by Crippen LogP contribution is 2.21. The number of aryl methyl sites for hydroxylation is 1. The summed E-state index contributed by atoms with van der Waals surface area (Å²) in [4.78, 5) is 16.6. The molecule has 1 heterocycles. The predicted molar refractivity (Wildman–Crippen MR) is 98.8 cm³/mol. The Labute approximate surface area is 147 Å². The van der Waals surface area contributed by atoms with Crippen LogP contribution in [0.15, 0.2) is 73.1 Å². The van der Waals surface area contributed by atoms with Crippen LogP contribution in [-0.4, -0.2) is 10.9 Å². The molecule has 0 aliphatic carbocycles. The Bertz CT molecular complexity index is 847. The van der Waals surface area contributed by atoms with Crippen LogP contribution in [0.1, 0.15) is 28.4 Å². The van der Waals surface area contributed by atoms with Gasteiger partial charge in [0.05, 0.1) is 17.4 Å². The molecule has 1 amide bonds. The van der Waals surface area contributed by atoms with Crippen molar-refractivity contribution < 1.29 is 9.53 Å². The van der Waals surface area contributed by atoms with Crippen molar-refractivity contribution in [2.75, 3.05) is 5.32 Å². The normalized spacial score (nSPS) is 10.3. The number of nitrogens with zero attached hydrogens (tertiary/aromatic N) is 1. The Hall–Kier alpha value is -3.14. The summed E-state index contributed by atoms with van der Waals surface area (Å²) in [6.07, 6.45) is 4.22. The molecule has 0 aliphatic rings. The van der Waals surface area contributed by atoms with Crippen LogP contribution in [0.4, 0.5) is 5.69 Å². The van der Waals surface area contributed by atoms with Gasteiger partial charge in [-0.1, -0.05) is 43.3 Å². The van der Waals surface area contributed by atoms with Crippen LogP contribution in [0.2, 0.25) is 0 Å². The zero-order valence-electron chi connectivity index (χ0n) is 14.1. The highest BCUT2D eigenvalue weighted by Gasteiger charge is 2.13. The Morgan fingerprint density at radius 1 is 1.00 bits per heavy atom. The lowest BCUT2D eigenvalue weighted by atomic mass is 10.1. The molecule has 0 spiro atoms. The van der Waals surface area contributed by atoms with E-state index in [9.17, 15) is 4.79 Å². The Morgan fingerprint density at radius 2 is 1.76 bits per heavy atom. The Morgan fingerprint density at radius 3 is 2.52 bits per heavy atom. The molecule has 4 nitrogen and oxygen atoms in total. The number of carbonyl (C=O) groups excluding carboxylic acids is 1. The molecule has 0 fully saturated rings. The van der Waals surface area contributed by atoms with Crippen molar-refractivity contribution in [1.82, 2.24) is 4.98 Å². The molecule has 1 aromatic heterocycles. The van der Waals surface area contributed by atoms with E-state index in [1.165, 1.54) is 5.56 Å². The molecule has 3 aromatic rings. The number of ether oxygens (including phenoxy) is 1. The molecule has 126 valence electrons. The van der Waals surface area contributed by atoms with E-state index in [0.717, 1.165) is 12.0 Å². The first kappa shape index (κ1) is 16.7. The second-order valence-corrected chi connectivity index (χ2v) is 5.60. The van der Waals surface area contributed by atoms with E-state index in [1.807, 2.05) is 30.3 Å². The number of hydrogen-bond acceptors (Lipinski definition) is 3. The first-order chi connectivity index (χ1) is 12.3. The third-order valence-corrected chi connectivity index (χ3v) is 3.93. The molecular formula is C21H20N2O2. The van der Waals surface area contributed by atoms with Gasteiger partial charge in [-0.05, 0) is 41.8 Å². The van der Waals surface area contributed by atoms with Crippen molar-refractivity contribution in [2.24, 2.45) is 0 Å². The fraction of sp³-hybridized carbons (Fsp3) is 0.143. The van der Waals surface area contributed by atoms with Gasteiger partial charge in [0.1, 0.15) is 12.4 Å². The molecular weight excluding hydrogens is 312 g/mol. The van der Waals surface area contributed by atoms with E-state index in [2.05, 4.69) is 29.4 Å². The first-order valence-electron chi connectivity index (χ1n) is 8.28. The lowest BCUT2D eigenvalue weighted by molar-refractivity contribution is 0.102. The summed E-state index contributed by atoms with van der Waals surface area (Å²) in [6, 6.07) is 19.0. The number of benzene rings is 2. The SMILES string of the molecule is CCc1ccccc1COc1ccccc1C(=O)Nc1cccnc1. The number of nitrogens with one attached hydrogen (secondary N) is 1. The smallest absolute Gasteiger partial charge is 0.259 e. The summed E-state index contributed by atoms with van der Waals surface area (Å²) in [5, 5.41) is 2.84. The van der Waals surface area contributed by atoms with Crippen LogP contribution in [0.5, 0.6) is 5.75 Å². The summed E-state index contributed by atoms with van der Waals surface area (Å²) in [5.74, 6) is 0.349. The zero-order chi connectivity index (χ0) is 17.5. The molecule has 1 N–H and O–H groups in total. The molecule has 25 heavy (non-hydrogen) atoms. The molecule has 0 atom stereocenters. The molecule has 0 radical (unpaired) electrons. The number of carbonyl (C=O) groups is 1. The number of rotatable bonds is 6. The van der Waals surface area contributed by atoms with Crippen molar-refractivity contribution in [1.29, 1.82) is 0 Å². The molecule has 0 saturated heterocycles. The van der Waals surface area contributed by atoms with Gasteiger partial charge in [-0.2, -0.15) is 0 Å². The fourth-order valence-corrected chi connectivity index (χ4v) is 2.61. The predicted octanol–water partition coefficient (Wildman–Crippen LogP) is 4.48. The number of pyridine rings is 1. The van der Waals surface area contributed by atoms with Crippen molar-refractivity contribution in [2.45, 2.75) is 20.0 Å². The molecule has 0 unspecified atom stereocenters. The van der Waals surface area contributed by atoms with Gasteiger partial charge in [0, 0.05) is 6.20 Å². The Balaban J connectivity index is 1.75. The number of amides is 1. The van der Waals surface area contributed by atoms with Crippen molar-refractivity contribution in [3.63, 3.8) is 0 Å². The van der Waals surface area contributed by atoms with Gasteiger partial charge < -0.3 is 10.1 Å². The quantitative estimate of drug-likeness (QED) is 0.724. The standard InChI is InChI=1S/C21H20N2O2/c1-2-16-8-3-4-9-17(16)15-25-20-12-6-5-11-19(20)21(24)23-18-10-7-13-22-14-18/h3-14H,2,15H2,1H3,(H,23,24). The van der Waals surface area contributed by atoms with Crippen molar-refractivity contribution >= 4 is 11.6 Å². The third kappa shape index (κ3) is 4.23. The highest BCUT2D eigenvalue weighted by molar-refractivity contribution is 6.06. The van der Waals surface area contributed by atoms with E-state index in [4.69, 9.17) is 4.74 Å². The van der Waals surface area contributed by atoms with Gasteiger partial charge in [0.25, 0.3) is 5.91 Å². The summed E-state index contributed by atoms with van der Waals surface area (Å²) in [6.45, 7) is 2.55. The largest absolute Gasteiger partial charge is 0.488 e. The summed E-state index contributed by atoms with van der Waals surface area (Å²) >= 11 is 0. The zero-order valence-corrected chi connectivity index (χ0v) is 14.1. The van der Waals surface area contributed by atoms with E-state index in [0.29, 0.717) is 23.6 Å². The average molecular weight is 332 g/mol. The minimum atomic E-state index is -0.215. The topological polar surface area (TPSA) is 51.2 Å². The summed E-state index contributed by atoms with van der Waals surface area (Å²) in [7, 11) is 0. The van der Waals surface area contributed by atoms with Crippen LogP contribution in [0.25, 0.3) is 0 Å². The van der Waals surface area contributed by atoms with Gasteiger partial charge in [-0.3, -0.25) is 9.78 Å². The summed E-state index contributed by atoms with van der Waals surface area (Å²) < 4.78 is 5.95. The third-order valence-electron chi connectivity index (χ3n) is 3.93. The van der Waals surface area contributed by atoms with Crippen molar-refractivity contribution in [3.05, 3.63) is 89.7 Å². The molecule has 0 saturated carbocycles. The number of aromatic nitrogens is 1. The maximum Gasteiger partial charge on any atom is 0.259 e. The lowest BCUT2D eigenvalue weighted by Crippen LogP contribution is -2.14. The van der Waals surface area contributed by atoms with Gasteiger partial charge in [0.2, 0.25) is 0 Å². The minimum absolute atomic E-state index is 0.215. The van der Waals surface area contributed by atoms with Crippen molar-refractivity contribution in [3.8, 4) is 5.75 Å². The van der Waals surface area contributed by atoms with Crippen LogP contribution >= 0.6 is 0 Å². The van der Waals surface area contributed by atoms with Gasteiger partial charge in [0.15, 0.2) is 0 Å². The van der Waals surface area contributed by atoms with E-state index in [-0.39, 0.29) is 5.91 Å². The van der Waals surface area contributed by atoms with Crippen LogP contribution < -0.4 is 10.1 Å². The van der Waals surface area contributed by atoms with E-state index >= 15 is 0 Å².